The second kappa shape index (κ2) is 6.29. The highest BCUT2D eigenvalue weighted by molar-refractivity contribution is 7.91. The fraction of sp³-hybridized carbons (Fsp3) is 0.500. The Kier molecular flexibility index (Phi) is 5.25. The van der Waals surface area contributed by atoms with Crippen LogP contribution in [0.2, 0.25) is 0 Å². The Morgan fingerprint density at radius 3 is 2.16 bits per heavy atom. The van der Waals surface area contributed by atoms with Crippen molar-refractivity contribution in [2.75, 3.05) is 5.32 Å². The summed E-state index contributed by atoms with van der Waals surface area (Å²) in [6.45, 7) is 3.52. The Balaban J connectivity index is 2.78. The van der Waals surface area contributed by atoms with Crippen LogP contribution in [0, 0.1) is 0 Å². The summed E-state index contributed by atoms with van der Waals surface area (Å²) >= 11 is 0. The van der Waals surface area contributed by atoms with E-state index in [4.69, 9.17) is 0 Å². The van der Waals surface area contributed by atoms with Crippen molar-refractivity contribution in [3.63, 3.8) is 0 Å². The number of benzene rings is 1. The maximum Gasteiger partial charge on any atom is 0.341 e. The third-order valence-corrected chi connectivity index (χ3v) is 3.92. The molecule has 0 aromatic heterocycles. The molecule has 108 valence electrons. The van der Waals surface area contributed by atoms with Gasteiger partial charge in [0.05, 0.1) is 11.0 Å². The van der Waals surface area contributed by atoms with Crippen LogP contribution in [-0.4, -0.2) is 31.4 Å². The van der Waals surface area contributed by atoms with Crippen LogP contribution < -0.4 is 5.32 Å². The zero-order valence-electron chi connectivity index (χ0n) is 10.7. The molecule has 0 aliphatic heterocycles. The molecule has 1 rings (SSSR count). The van der Waals surface area contributed by atoms with Gasteiger partial charge in [0.25, 0.3) is 0 Å². The quantitative estimate of drug-likeness (QED) is 0.844. The average molecular weight is 293 g/mol. The third-order valence-electron chi connectivity index (χ3n) is 2.53. The van der Waals surface area contributed by atoms with Crippen molar-refractivity contribution in [2.24, 2.45) is 0 Å². The van der Waals surface area contributed by atoms with Crippen molar-refractivity contribution < 1.29 is 22.3 Å². The van der Waals surface area contributed by atoms with Crippen molar-refractivity contribution in [3.05, 3.63) is 24.3 Å². The van der Waals surface area contributed by atoms with Gasteiger partial charge in [-0.3, -0.25) is 0 Å². The fourth-order valence-corrected chi connectivity index (χ4v) is 2.42. The van der Waals surface area contributed by atoms with E-state index in [1.54, 1.807) is 6.92 Å². The predicted molar refractivity (Wildman–Crippen MR) is 69.0 cm³/mol. The molecule has 19 heavy (non-hydrogen) atoms. The van der Waals surface area contributed by atoms with Gasteiger partial charge in [0, 0.05) is 11.7 Å². The lowest BCUT2D eigenvalue weighted by atomic mass is 10.1. The van der Waals surface area contributed by atoms with Crippen LogP contribution in [0.1, 0.15) is 20.3 Å². The number of alkyl halides is 2. The highest BCUT2D eigenvalue weighted by Gasteiger charge is 2.26. The van der Waals surface area contributed by atoms with Crippen LogP contribution in [0.15, 0.2) is 29.2 Å². The van der Waals surface area contributed by atoms with Gasteiger partial charge in [0.1, 0.15) is 0 Å². The largest absolute Gasteiger partial charge is 0.393 e. The number of aliphatic hydroxyl groups is 1. The number of sulfone groups is 1. The smallest absolute Gasteiger partial charge is 0.341 e. The van der Waals surface area contributed by atoms with Gasteiger partial charge >= 0.3 is 5.76 Å². The molecule has 4 nitrogen and oxygen atoms in total. The van der Waals surface area contributed by atoms with E-state index in [1.165, 1.54) is 12.1 Å². The monoisotopic (exact) mass is 293 g/mol. The summed E-state index contributed by atoms with van der Waals surface area (Å²) in [6, 6.07) is 5.11. The lowest BCUT2D eigenvalue weighted by molar-refractivity contribution is 0.179. The second-order valence-electron chi connectivity index (χ2n) is 4.46. The zero-order valence-corrected chi connectivity index (χ0v) is 11.5. The lowest BCUT2D eigenvalue weighted by Crippen LogP contribution is -2.20. The number of hydrogen-bond donors (Lipinski definition) is 2. The standard InChI is InChI=1S/C12H17F2NO3S/c1-8(7-9(2)16)15-10-3-5-11(6-4-10)19(17,18)12(13)14/h3-6,8-9,12,15-16H,7H2,1-2H3. The van der Waals surface area contributed by atoms with Crippen molar-refractivity contribution >= 4 is 15.5 Å². The van der Waals surface area contributed by atoms with Crippen LogP contribution in [-0.2, 0) is 9.84 Å². The Morgan fingerprint density at radius 1 is 1.21 bits per heavy atom. The van der Waals surface area contributed by atoms with Gasteiger partial charge in [0.2, 0.25) is 9.84 Å². The molecule has 1 aromatic rings. The lowest BCUT2D eigenvalue weighted by Gasteiger charge is -2.16. The maximum absolute atomic E-state index is 12.3. The predicted octanol–water partition coefficient (Wildman–Crippen LogP) is 2.25. The molecule has 2 N–H and O–H groups in total. The Labute approximate surface area is 111 Å². The minimum atomic E-state index is -4.54. The van der Waals surface area contributed by atoms with Crippen LogP contribution >= 0.6 is 0 Å². The molecule has 0 fully saturated rings. The van der Waals surface area contributed by atoms with Crippen molar-refractivity contribution in [1.29, 1.82) is 0 Å². The highest BCUT2D eigenvalue weighted by Crippen LogP contribution is 2.20. The van der Waals surface area contributed by atoms with Gasteiger partial charge in [-0.05, 0) is 44.5 Å². The minimum Gasteiger partial charge on any atom is -0.393 e. The number of rotatable bonds is 6. The van der Waals surface area contributed by atoms with Crippen LogP contribution in [0.5, 0.6) is 0 Å². The van der Waals surface area contributed by atoms with Crippen molar-refractivity contribution in [3.8, 4) is 0 Å². The molecule has 0 bridgehead atoms. The maximum atomic E-state index is 12.3. The Bertz CT molecular complexity index is 500. The molecule has 0 radical (unpaired) electrons. The molecule has 1 aromatic carbocycles. The van der Waals surface area contributed by atoms with Gasteiger partial charge in [-0.1, -0.05) is 0 Å². The van der Waals surface area contributed by atoms with E-state index >= 15 is 0 Å². The van der Waals surface area contributed by atoms with Crippen LogP contribution in [0.4, 0.5) is 14.5 Å². The molecule has 2 atom stereocenters. The normalized spacial score (nSPS) is 15.3. The van der Waals surface area contributed by atoms with Crippen LogP contribution in [0.25, 0.3) is 0 Å². The van der Waals surface area contributed by atoms with E-state index in [-0.39, 0.29) is 6.04 Å². The summed E-state index contributed by atoms with van der Waals surface area (Å²) in [5.74, 6) is -3.42. The first kappa shape index (κ1) is 15.8. The summed E-state index contributed by atoms with van der Waals surface area (Å²) in [7, 11) is -4.54. The molecule has 0 saturated heterocycles. The van der Waals surface area contributed by atoms with E-state index in [0.29, 0.717) is 12.1 Å². The van der Waals surface area contributed by atoms with Crippen LogP contribution in [0.3, 0.4) is 0 Å². The topological polar surface area (TPSA) is 66.4 Å². The van der Waals surface area contributed by atoms with Gasteiger partial charge in [0.15, 0.2) is 0 Å². The van der Waals surface area contributed by atoms with E-state index < -0.39 is 26.6 Å². The fourth-order valence-electron chi connectivity index (χ4n) is 1.70. The molecule has 0 aliphatic rings. The van der Waals surface area contributed by atoms with Gasteiger partial charge < -0.3 is 10.4 Å². The molecular weight excluding hydrogens is 276 g/mol. The first-order valence-corrected chi connectivity index (χ1v) is 7.35. The Hall–Kier alpha value is -1.21. The van der Waals surface area contributed by atoms with Gasteiger partial charge in [-0.25, -0.2) is 8.42 Å². The first-order chi connectivity index (χ1) is 8.73. The SMILES string of the molecule is CC(O)CC(C)Nc1ccc(S(=O)(=O)C(F)F)cc1. The Morgan fingerprint density at radius 2 is 1.74 bits per heavy atom. The van der Waals surface area contributed by atoms with E-state index in [2.05, 4.69) is 5.32 Å². The second-order valence-corrected chi connectivity index (χ2v) is 6.38. The van der Waals surface area contributed by atoms with Crippen molar-refractivity contribution in [1.82, 2.24) is 0 Å². The number of anilines is 1. The third kappa shape index (κ3) is 4.43. The van der Waals surface area contributed by atoms with E-state index in [1.807, 2.05) is 6.92 Å². The number of halogens is 2. The number of hydrogen-bond acceptors (Lipinski definition) is 4. The molecule has 7 heteroatoms. The molecule has 0 spiro atoms. The van der Waals surface area contributed by atoms with E-state index in [0.717, 1.165) is 12.1 Å². The summed E-state index contributed by atoms with van der Waals surface area (Å²) in [5, 5.41) is 12.2. The average Bonchev–Trinajstić information content (AvgIpc) is 2.28. The minimum absolute atomic E-state index is 0.0162. The summed E-state index contributed by atoms with van der Waals surface area (Å²) in [5.41, 5.74) is 0.612. The number of aliphatic hydroxyl groups excluding tert-OH is 1. The highest BCUT2D eigenvalue weighted by atomic mass is 32.2. The molecule has 0 heterocycles. The molecule has 0 aliphatic carbocycles. The summed E-state index contributed by atoms with van der Waals surface area (Å²) in [4.78, 5) is -0.406. The molecule has 0 amide bonds. The number of nitrogens with one attached hydrogen (secondary N) is 1. The van der Waals surface area contributed by atoms with Crippen molar-refractivity contribution in [2.45, 2.75) is 43.1 Å². The summed E-state index contributed by atoms with van der Waals surface area (Å²) in [6.07, 6.45) is 0.0675. The van der Waals surface area contributed by atoms with Gasteiger partial charge in [-0.15, -0.1) is 0 Å². The molecule has 0 saturated carbocycles. The summed E-state index contributed by atoms with van der Waals surface area (Å²) < 4.78 is 47.1. The zero-order chi connectivity index (χ0) is 14.6. The van der Waals surface area contributed by atoms with Gasteiger partial charge in [-0.2, -0.15) is 8.78 Å². The van der Waals surface area contributed by atoms with E-state index in [9.17, 15) is 22.3 Å². The molecular formula is C12H17F2NO3S. The molecule has 2 unspecified atom stereocenters. The first-order valence-electron chi connectivity index (χ1n) is 5.80.